The lowest BCUT2D eigenvalue weighted by atomic mass is 9.99. The van der Waals surface area contributed by atoms with Gasteiger partial charge >= 0.3 is 0 Å². The molecular formula is C10H14N2. The highest BCUT2D eigenvalue weighted by Gasteiger charge is 2.27. The van der Waals surface area contributed by atoms with Gasteiger partial charge in [-0.2, -0.15) is 0 Å². The first-order valence-electron chi connectivity index (χ1n) is 4.36. The van der Waals surface area contributed by atoms with Gasteiger partial charge < -0.3 is 11.5 Å². The van der Waals surface area contributed by atoms with Crippen LogP contribution in [0.1, 0.15) is 17.0 Å². The predicted octanol–water partition coefficient (Wildman–Crippen LogP) is 0.612. The maximum Gasteiger partial charge on any atom is 0.0161 e. The molecule has 0 saturated heterocycles. The Morgan fingerprint density at radius 3 is 2.83 bits per heavy atom. The minimum Gasteiger partial charge on any atom is -0.330 e. The summed E-state index contributed by atoms with van der Waals surface area (Å²) in [5, 5.41) is 0. The van der Waals surface area contributed by atoms with Crippen molar-refractivity contribution in [3.05, 3.63) is 35.4 Å². The Labute approximate surface area is 72.6 Å². The molecule has 1 aromatic carbocycles. The standard InChI is InChI=1S/C10H14N2/c11-6-9-8-4-2-1-3-7(8)5-10(9)12/h1-4,9-10H,5-6,11-12H2. The van der Waals surface area contributed by atoms with E-state index in [1.165, 1.54) is 11.1 Å². The average Bonchev–Trinajstić information content (AvgIpc) is 2.40. The van der Waals surface area contributed by atoms with E-state index in [-0.39, 0.29) is 6.04 Å². The Balaban J connectivity index is 2.40. The zero-order valence-corrected chi connectivity index (χ0v) is 7.03. The van der Waals surface area contributed by atoms with Crippen molar-refractivity contribution in [2.24, 2.45) is 11.5 Å². The summed E-state index contributed by atoms with van der Waals surface area (Å²) in [4.78, 5) is 0. The second-order valence-corrected chi connectivity index (χ2v) is 3.41. The fraction of sp³-hybridized carbons (Fsp3) is 0.400. The monoisotopic (exact) mass is 162 g/mol. The first-order valence-corrected chi connectivity index (χ1v) is 4.36. The highest BCUT2D eigenvalue weighted by Crippen LogP contribution is 2.30. The van der Waals surface area contributed by atoms with Crippen molar-refractivity contribution in [1.29, 1.82) is 0 Å². The number of hydrogen-bond acceptors (Lipinski definition) is 2. The van der Waals surface area contributed by atoms with Crippen LogP contribution in [0.4, 0.5) is 0 Å². The van der Waals surface area contributed by atoms with Gasteiger partial charge in [0.05, 0.1) is 0 Å². The Morgan fingerprint density at radius 1 is 1.33 bits per heavy atom. The summed E-state index contributed by atoms with van der Waals surface area (Å²) in [5.41, 5.74) is 14.3. The first-order chi connectivity index (χ1) is 5.83. The smallest absolute Gasteiger partial charge is 0.0161 e. The molecule has 12 heavy (non-hydrogen) atoms. The van der Waals surface area contributed by atoms with Crippen molar-refractivity contribution < 1.29 is 0 Å². The van der Waals surface area contributed by atoms with E-state index in [9.17, 15) is 0 Å². The van der Waals surface area contributed by atoms with E-state index in [1.54, 1.807) is 0 Å². The summed E-state index contributed by atoms with van der Waals surface area (Å²) in [6.45, 7) is 0.665. The molecule has 0 bridgehead atoms. The van der Waals surface area contributed by atoms with Crippen molar-refractivity contribution in [3.63, 3.8) is 0 Å². The lowest BCUT2D eigenvalue weighted by Crippen LogP contribution is -2.29. The molecule has 0 heterocycles. The quantitative estimate of drug-likeness (QED) is 0.635. The van der Waals surface area contributed by atoms with Crippen molar-refractivity contribution in [1.82, 2.24) is 0 Å². The molecule has 1 aliphatic carbocycles. The van der Waals surface area contributed by atoms with Crippen molar-refractivity contribution in [2.45, 2.75) is 18.4 Å². The third-order valence-corrected chi connectivity index (χ3v) is 2.68. The highest BCUT2D eigenvalue weighted by atomic mass is 14.7. The average molecular weight is 162 g/mol. The Hall–Kier alpha value is -0.860. The third kappa shape index (κ3) is 1.04. The fourth-order valence-electron chi connectivity index (χ4n) is 2.01. The Morgan fingerprint density at radius 2 is 2.08 bits per heavy atom. The van der Waals surface area contributed by atoms with Crippen LogP contribution in [-0.4, -0.2) is 12.6 Å². The van der Waals surface area contributed by atoms with Crippen LogP contribution < -0.4 is 11.5 Å². The molecule has 4 N–H and O–H groups in total. The lowest BCUT2D eigenvalue weighted by molar-refractivity contribution is 0.581. The first kappa shape index (κ1) is 7.77. The summed E-state index contributed by atoms with van der Waals surface area (Å²) < 4.78 is 0. The van der Waals surface area contributed by atoms with Crippen LogP contribution in [-0.2, 0) is 6.42 Å². The molecule has 0 aliphatic heterocycles. The fourth-order valence-corrected chi connectivity index (χ4v) is 2.01. The van der Waals surface area contributed by atoms with E-state index >= 15 is 0 Å². The molecule has 0 amide bonds. The van der Waals surface area contributed by atoms with Crippen LogP contribution in [0.5, 0.6) is 0 Å². The van der Waals surface area contributed by atoms with Gasteiger partial charge in [-0.1, -0.05) is 24.3 Å². The zero-order valence-electron chi connectivity index (χ0n) is 7.03. The topological polar surface area (TPSA) is 52.0 Å². The maximum atomic E-state index is 5.96. The molecule has 1 aliphatic rings. The van der Waals surface area contributed by atoms with Gasteiger partial charge in [-0.25, -0.2) is 0 Å². The van der Waals surface area contributed by atoms with Crippen molar-refractivity contribution in [3.8, 4) is 0 Å². The van der Waals surface area contributed by atoms with E-state index in [4.69, 9.17) is 11.5 Å². The largest absolute Gasteiger partial charge is 0.330 e. The van der Waals surface area contributed by atoms with Crippen LogP contribution in [0.15, 0.2) is 24.3 Å². The summed E-state index contributed by atoms with van der Waals surface area (Å²) in [6, 6.07) is 8.63. The van der Waals surface area contributed by atoms with Crippen LogP contribution in [0.3, 0.4) is 0 Å². The molecule has 2 heteroatoms. The van der Waals surface area contributed by atoms with Crippen LogP contribution >= 0.6 is 0 Å². The summed E-state index contributed by atoms with van der Waals surface area (Å²) in [5.74, 6) is 0.376. The Bertz CT molecular complexity index is 283. The predicted molar refractivity (Wildman–Crippen MR) is 49.9 cm³/mol. The minimum absolute atomic E-state index is 0.229. The summed E-state index contributed by atoms with van der Waals surface area (Å²) in [6.07, 6.45) is 0.984. The van der Waals surface area contributed by atoms with Gasteiger partial charge in [-0.15, -0.1) is 0 Å². The van der Waals surface area contributed by atoms with Gasteiger partial charge in [0.15, 0.2) is 0 Å². The van der Waals surface area contributed by atoms with Gasteiger partial charge in [0.1, 0.15) is 0 Å². The summed E-state index contributed by atoms with van der Waals surface area (Å²) in [7, 11) is 0. The van der Waals surface area contributed by atoms with E-state index in [0.717, 1.165) is 6.42 Å². The zero-order chi connectivity index (χ0) is 8.55. The van der Waals surface area contributed by atoms with Crippen molar-refractivity contribution >= 4 is 0 Å². The van der Waals surface area contributed by atoms with Crippen LogP contribution in [0.2, 0.25) is 0 Å². The SMILES string of the molecule is NCC1c2ccccc2CC1N. The van der Waals surface area contributed by atoms with Gasteiger partial charge in [-0.3, -0.25) is 0 Å². The van der Waals surface area contributed by atoms with Crippen molar-refractivity contribution in [2.75, 3.05) is 6.54 Å². The summed E-state index contributed by atoms with van der Waals surface area (Å²) >= 11 is 0. The lowest BCUT2D eigenvalue weighted by Gasteiger charge is -2.13. The van der Waals surface area contributed by atoms with Gasteiger partial charge in [0.25, 0.3) is 0 Å². The molecule has 2 nitrogen and oxygen atoms in total. The number of hydrogen-bond donors (Lipinski definition) is 2. The molecule has 0 spiro atoms. The van der Waals surface area contributed by atoms with E-state index in [1.807, 2.05) is 0 Å². The second kappa shape index (κ2) is 2.88. The van der Waals surface area contributed by atoms with E-state index in [0.29, 0.717) is 12.5 Å². The van der Waals surface area contributed by atoms with E-state index in [2.05, 4.69) is 24.3 Å². The number of benzene rings is 1. The molecule has 64 valence electrons. The maximum absolute atomic E-state index is 5.96. The van der Waals surface area contributed by atoms with Crippen LogP contribution in [0, 0.1) is 0 Å². The number of fused-ring (bicyclic) bond motifs is 1. The molecular weight excluding hydrogens is 148 g/mol. The minimum atomic E-state index is 0.229. The molecule has 0 radical (unpaired) electrons. The van der Waals surface area contributed by atoms with E-state index < -0.39 is 0 Å². The van der Waals surface area contributed by atoms with Crippen LogP contribution in [0.25, 0.3) is 0 Å². The molecule has 1 aromatic rings. The molecule has 0 fully saturated rings. The molecule has 2 unspecified atom stereocenters. The molecule has 0 aromatic heterocycles. The Kier molecular flexibility index (Phi) is 1.87. The highest BCUT2D eigenvalue weighted by molar-refractivity contribution is 5.37. The molecule has 2 atom stereocenters. The van der Waals surface area contributed by atoms with Gasteiger partial charge in [-0.05, 0) is 17.5 Å². The molecule has 0 saturated carbocycles. The van der Waals surface area contributed by atoms with Gasteiger partial charge in [0.2, 0.25) is 0 Å². The van der Waals surface area contributed by atoms with Gasteiger partial charge in [0, 0.05) is 18.5 Å². The normalized spacial score (nSPS) is 27.2. The number of rotatable bonds is 1. The third-order valence-electron chi connectivity index (χ3n) is 2.68. The number of nitrogens with two attached hydrogens (primary N) is 2. The molecule has 2 rings (SSSR count). The second-order valence-electron chi connectivity index (χ2n) is 3.41.